The summed E-state index contributed by atoms with van der Waals surface area (Å²) in [6, 6.07) is 11.7. The van der Waals surface area contributed by atoms with Gasteiger partial charge in [0, 0.05) is 18.9 Å². The first-order chi connectivity index (χ1) is 9.72. The lowest BCUT2D eigenvalue weighted by atomic mass is 10.1. The summed E-state index contributed by atoms with van der Waals surface area (Å²) >= 11 is 0. The maximum Gasteiger partial charge on any atom is 0.255 e. The van der Waals surface area contributed by atoms with Gasteiger partial charge in [0.1, 0.15) is 0 Å². The van der Waals surface area contributed by atoms with Crippen LogP contribution in [0.4, 0.5) is 5.69 Å². The Labute approximate surface area is 119 Å². The van der Waals surface area contributed by atoms with Gasteiger partial charge < -0.3 is 10.6 Å². The van der Waals surface area contributed by atoms with Gasteiger partial charge in [-0.25, -0.2) is 0 Å². The number of hydrogen-bond donors (Lipinski definition) is 2. The van der Waals surface area contributed by atoms with Gasteiger partial charge in [-0.1, -0.05) is 30.3 Å². The van der Waals surface area contributed by atoms with Gasteiger partial charge in [-0.3, -0.25) is 9.78 Å². The van der Waals surface area contributed by atoms with Crippen molar-refractivity contribution in [3.05, 3.63) is 59.9 Å². The van der Waals surface area contributed by atoms with E-state index in [0.717, 1.165) is 17.8 Å². The lowest BCUT2D eigenvalue weighted by molar-refractivity contribution is 0.0940. The van der Waals surface area contributed by atoms with E-state index in [1.165, 1.54) is 0 Å². The molecule has 1 atom stereocenters. The minimum Gasteiger partial charge on any atom is -0.385 e. The molecule has 1 amide bonds. The second kappa shape index (κ2) is 6.70. The number of hydrogen-bond acceptors (Lipinski definition) is 3. The van der Waals surface area contributed by atoms with Gasteiger partial charge in [0.05, 0.1) is 17.3 Å². The van der Waals surface area contributed by atoms with Gasteiger partial charge in [0.25, 0.3) is 5.91 Å². The summed E-state index contributed by atoms with van der Waals surface area (Å²) in [4.78, 5) is 16.4. The summed E-state index contributed by atoms with van der Waals surface area (Å²) in [6.07, 6.45) is 3.26. The molecule has 0 aliphatic rings. The molecule has 0 aliphatic heterocycles. The zero-order valence-electron chi connectivity index (χ0n) is 11.8. The molecule has 4 nitrogen and oxygen atoms in total. The molecule has 20 heavy (non-hydrogen) atoms. The first-order valence-corrected chi connectivity index (χ1v) is 6.76. The Bertz CT molecular complexity index is 569. The fraction of sp³-hybridized carbons (Fsp3) is 0.250. The first-order valence-electron chi connectivity index (χ1n) is 6.76. The fourth-order valence-electron chi connectivity index (χ4n) is 2.02. The predicted octanol–water partition coefficient (Wildman–Crippen LogP) is 3.00. The largest absolute Gasteiger partial charge is 0.385 e. The van der Waals surface area contributed by atoms with Gasteiger partial charge in [0.2, 0.25) is 0 Å². The minimum absolute atomic E-state index is 0.0432. The van der Waals surface area contributed by atoms with Crippen molar-refractivity contribution in [3.63, 3.8) is 0 Å². The van der Waals surface area contributed by atoms with Crippen molar-refractivity contribution >= 4 is 11.6 Å². The maximum atomic E-state index is 12.3. The summed E-state index contributed by atoms with van der Waals surface area (Å²) in [5.74, 6) is -0.120. The van der Waals surface area contributed by atoms with Crippen LogP contribution < -0.4 is 10.6 Å². The normalized spacial score (nSPS) is 11.7. The molecule has 0 aliphatic carbocycles. The molecule has 1 unspecified atom stereocenters. The molecule has 1 aromatic heterocycles. The highest BCUT2D eigenvalue weighted by molar-refractivity contribution is 5.99. The van der Waals surface area contributed by atoms with Crippen LogP contribution in [0.25, 0.3) is 0 Å². The molecule has 2 rings (SSSR count). The monoisotopic (exact) mass is 269 g/mol. The number of rotatable bonds is 5. The van der Waals surface area contributed by atoms with E-state index in [9.17, 15) is 4.79 Å². The van der Waals surface area contributed by atoms with E-state index in [1.807, 2.05) is 50.2 Å². The summed E-state index contributed by atoms with van der Waals surface area (Å²) in [5.41, 5.74) is 2.45. The smallest absolute Gasteiger partial charge is 0.255 e. The van der Waals surface area contributed by atoms with Crippen LogP contribution in [-0.2, 0) is 0 Å². The Morgan fingerprint density at radius 2 is 2.00 bits per heavy atom. The van der Waals surface area contributed by atoms with E-state index in [0.29, 0.717) is 5.56 Å². The van der Waals surface area contributed by atoms with Crippen molar-refractivity contribution in [2.45, 2.75) is 19.9 Å². The molecule has 2 aromatic rings. The summed E-state index contributed by atoms with van der Waals surface area (Å²) in [5, 5.41) is 6.16. The van der Waals surface area contributed by atoms with E-state index in [2.05, 4.69) is 15.6 Å². The van der Waals surface area contributed by atoms with E-state index in [1.54, 1.807) is 12.4 Å². The standard InChI is InChI=1S/C16H19N3O/c1-3-18-15-9-10-17-11-14(15)16(20)19-12(2)13-7-5-4-6-8-13/h4-12H,3H2,1-2H3,(H,17,18)(H,19,20). The van der Waals surface area contributed by atoms with Crippen molar-refractivity contribution in [1.82, 2.24) is 10.3 Å². The molecular formula is C16H19N3O. The summed E-state index contributed by atoms with van der Waals surface area (Å²) in [6.45, 7) is 4.73. The van der Waals surface area contributed by atoms with Crippen LogP contribution in [0.3, 0.4) is 0 Å². The van der Waals surface area contributed by atoms with E-state index < -0.39 is 0 Å². The number of carbonyl (C=O) groups excluding carboxylic acids is 1. The quantitative estimate of drug-likeness (QED) is 0.877. The zero-order valence-corrected chi connectivity index (χ0v) is 11.8. The van der Waals surface area contributed by atoms with Crippen molar-refractivity contribution in [2.75, 3.05) is 11.9 Å². The first kappa shape index (κ1) is 14.1. The Morgan fingerprint density at radius 3 is 2.70 bits per heavy atom. The van der Waals surface area contributed by atoms with Crippen LogP contribution in [0, 0.1) is 0 Å². The number of nitrogens with zero attached hydrogens (tertiary/aromatic N) is 1. The van der Waals surface area contributed by atoms with Crippen molar-refractivity contribution < 1.29 is 4.79 Å². The average molecular weight is 269 g/mol. The Balaban J connectivity index is 2.12. The van der Waals surface area contributed by atoms with E-state index in [4.69, 9.17) is 0 Å². The molecule has 2 N–H and O–H groups in total. The molecule has 4 heteroatoms. The molecule has 0 saturated carbocycles. The average Bonchev–Trinajstić information content (AvgIpc) is 2.49. The van der Waals surface area contributed by atoms with Crippen LogP contribution >= 0.6 is 0 Å². The number of pyridine rings is 1. The molecule has 0 saturated heterocycles. The maximum absolute atomic E-state index is 12.3. The van der Waals surface area contributed by atoms with Crippen LogP contribution in [0.15, 0.2) is 48.8 Å². The molecular weight excluding hydrogens is 250 g/mol. The van der Waals surface area contributed by atoms with Gasteiger partial charge in [-0.05, 0) is 25.5 Å². The van der Waals surface area contributed by atoms with Gasteiger partial charge in [-0.2, -0.15) is 0 Å². The number of anilines is 1. The molecule has 104 valence electrons. The van der Waals surface area contributed by atoms with Gasteiger partial charge >= 0.3 is 0 Å². The minimum atomic E-state index is -0.120. The van der Waals surface area contributed by atoms with E-state index in [-0.39, 0.29) is 11.9 Å². The van der Waals surface area contributed by atoms with Crippen LogP contribution in [0.5, 0.6) is 0 Å². The number of benzene rings is 1. The number of carbonyl (C=O) groups is 1. The number of aromatic nitrogens is 1. The third-order valence-electron chi connectivity index (χ3n) is 3.08. The van der Waals surface area contributed by atoms with Crippen molar-refractivity contribution in [3.8, 4) is 0 Å². The van der Waals surface area contributed by atoms with Gasteiger partial charge in [-0.15, -0.1) is 0 Å². The predicted molar refractivity (Wildman–Crippen MR) is 80.7 cm³/mol. The van der Waals surface area contributed by atoms with Crippen LogP contribution in [0.2, 0.25) is 0 Å². The highest BCUT2D eigenvalue weighted by Crippen LogP contribution is 2.16. The third-order valence-corrected chi connectivity index (χ3v) is 3.08. The molecule has 0 spiro atoms. The lowest BCUT2D eigenvalue weighted by Crippen LogP contribution is -2.27. The van der Waals surface area contributed by atoms with Crippen LogP contribution in [-0.4, -0.2) is 17.4 Å². The topological polar surface area (TPSA) is 54.0 Å². The SMILES string of the molecule is CCNc1ccncc1C(=O)NC(C)c1ccccc1. The third kappa shape index (κ3) is 3.35. The highest BCUT2D eigenvalue weighted by atomic mass is 16.1. The summed E-state index contributed by atoms with van der Waals surface area (Å²) in [7, 11) is 0. The molecule has 1 heterocycles. The Kier molecular flexibility index (Phi) is 4.71. The fourth-order valence-corrected chi connectivity index (χ4v) is 2.02. The zero-order chi connectivity index (χ0) is 14.4. The lowest BCUT2D eigenvalue weighted by Gasteiger charge is -2.16. The number of amides is 1. The van der Waals surface area contributed by atoms with Crippen molar-refractivity contribution in [2.24, 2.45) is 0 Å². The molecule has 1 aromatic carbocycles. The summed E-state index contributed by atoms with van der Waals surface area (Å²) < 4.78 is 0. The van der Waals surface area contributed by atoms with Crippen molar-refractivity contribution in [1.29, 1.82) is 0 Å². The molecule has 0 bridgehead atoms. The second-order valence-electron chi connectivity index (χ2n) is 4.56. The molecule has 0 radical (unpaired) electrons. The molecule has 0 fully saturated rings. The Hall–Kier alpha value is -2.36. The van der Waals surface area contributed by atoms with Gasteiger partial charge in [0.15, 0.2) is 0 Å². The Morgan fingerprint density at radius 1 is 1.25 bits per heavy atom. The number of nitrogens with one attached hydrogen (secondary N) is 2. The van der Waals surface area contributed by atoms with Crippen LogP contribution in [0.1, 0.15) is 35.8 Å². The highest BCUT2D eigenvalue weighted by Gasteiger charge is 2.14. The second-order valence-corrected chi connectivity index (χ2v) is 4.56. The van der Waals surface area contributed by atoms with E-state index >= 15 is 0 Å².